The van der Waals surface area contributed by atoms with Gasteiger partial charge in [0.05, 0.1) is 16.6 Å². The quantitative estimate of drug-likeness (QED) is 0.893. The molecule has 0 aliphatic rings. The molecule has 2 rings (SSSR count). The van der Waals surface area contributed by atoms with Crippen molar-refractivity contribution in [1.29, 1.82) is 0 Å². The Bertz CT molecular complexity index is 855. The number of pyridine rings is 1. The van der Waals surface area contributed by atoms with Gasteiger partial charge in [0.25, 0.3) is 5.56 Å². The summed E-state index contributed by atoms with van der Waals surface area (Å²) >= 11 is 0. The van der Waals surface area contributed by atoms with Crippen LogP contribution in [0.1, 0.15) is 15.9 Å². The molecular formula is C14H11F3N2O4. The first-order chi connectivity index (χ1) is 10.6. The molecule has 9 heteroatoms. The van der Waals surface area contributed by atoms with Crippen LogP contribution in [0, 0.1) is 0 Å². The molecule has 23 heavy (non-hydrogen) atoms. The van der Waals surface area contributed by atoms with Crippen molar-refractivity contribution < 1.29 is 27.9 Å². The summed E-state index contributed by atoms with van der Waals surface area (Å²) in [7, 11) is 1.28. The predicted octanol–water partition coefficient (Wildman–Crippen LogP) is 1.46. The van der Waals surface area contributed by atoms with E-state index >= 15 is 0 Å². The Morgan fingerprint density at radius 1 is 1.26 bits per heavy atom. The van der Waals surface area contributed by atoms with Crippen LogP contribution < -0.4 is 10.9 Å². The molecular weight excluding hydrogens is 317 g/mol. The van der Waals surface area contributed by atoms with E-state index in [1.807, 2.05) is 0 Å². The van der Waals surface area contributed by atoms with Gasteiger partial charge >= 0.3 is 12.1 Å². The highest BCUT2D eigenvalue weighted by Gasteiger charge is 2.35. The summed E-state index contributed by atoms with van der Waals surface area (Å²) in [5.41, 5.74) is -3.17. The van der Waals surface area contributed by atoms with E-state index in [9.17, 15) is 27.6 Å². The maximum atomic E-state index is 13.3. The third kappa shape index (κ3) is 3.17. The molecule has 0 atom stereocenters. The number of benzene rings is 1. The van der Waals surface area contributed by atoms with Gasteiger partial charge in [0.15, 0.2) is 0 Å². The zero-order chi connectivity index (χ0) is 17.4. The number of fused-ring (bicyclic) bond motifs is 1. The molecule has 0 aliphatic carbocycles. The zero-order valence-electron chi connectivity index (χ0n) is 11.8. The number of carboxylic acid groups (broad SMARTS) is 1. The second kappa shape index (κ2) is 5.75. The summed E-state index contributed by atoms with van der Waals surface area (Å²) < 4.78 is 40.5. The van der Waals surface area contributed by atoms with Gasteiger partial charge in [-0.2, -0.15) is 13.2 Å². The lowest BCUT2D eigenvalue weighted by Gasteiger charge is -2.16. The Morgan fingerprint density at radius 2 is 1.91 bits per heavy atom. The van der Waals surface area contributed by atoms with E-state index in [-0.39, 0.29) is 5.39 Å². The number of halogens is 3. The molecule has 0 saturated carbocycles. The number of amides is 1. The summed E-state index contributed by atoms with van der Waals surface area (Å²) in [6.07, 6.45) is -4.89. The van der Waals surface area contributed by atoms with Crippen molar-refractivity contribution in [2.45, 2.75) is 12.7 Å². The first-order valence-electron chi connectivity index (χ1n) is 6.34. The number of carbonyl (C=O) groups is 2. The van der Waals surface area contributed by atoms with E-state index in [1.165, 1.54) is 7.05 Å². The summed E-state index contributed by atoms with van der Waals surface area (Å²) in [6.45, 7) is -0.609. The van der Waals surface area contributed by atoms with Gasteiger partial charge in [0.1, 0.15) is 6.54 Å². The maximum absolute atomic E-state index is 13.3. The van der Waals surface area contributed by atoms with Crippen LogP contribution in [0.3, 0.4) is 0 Å². The molecule has 0 saturated heterocycles. The molecule has 0 unspecified atom stereocenters. The highest BCUT2D eigenvalue weighted by atomic mass is 19.4. The number of alkyl halides is 3. The minimum Gasteiger partial charge on any atom is -0.478 e. The number of nitrogens with one attached hydrogen (secondary N) is 1. The second-order valence-corrected chi connectivity index (χ2v) is 4.70. The van der Waals surface area contributed by atoms with E-state index in [4.69, 9.17) is 5.11 Å². The van der Waals surface area contributed by atoms with Crippen LogP contribution in [0.15, 0.2) is 29.1 Å². The Kier molecular flexibility index (Phi) is 4.13. The second-order valence-electron chi connectivity index (χ2n) is 4.70. The average Bonchev–Trinajstić information content (AvgIpc) is 2.47. The molecule has 6 nitrogen and oxygen atoms in total. The minimum atomic E-state index is -4.89. The summed E-state index contributed by atoms with van der Waals surface area (Å²) in [4.78, 5) is 34.3. The summed E-state index contributed by atoms with van der Waals surface area (Å²) in [5.74, 6) is -2.18. The van der Waals surface area contributed by atoms with E-state index in [1.54, 1.807) is 0 Å². The molecule has 0 bridgehead atoms. The van der Waals surface area contributed by atoms with E-state index in [0.717, 1.165) is 18.2 Å². The normalized spacial score (nSPS) is 11.5. The maximum Gasteiger partial charge on any atom is 0.418 e. The first-order valence-corrected chi connectivity index (χ1v) is 6.34. The van der Waals surface area contributed by atoms with Gasteiger partial charge in [-0.15, -0.1) is 0 Å². The number of aromatic nitrogens is 1. The number of aromatic carboxylic acids is 1. The predicted molar refractivity (Wildman–Crippen MR) is 74.2 cm³/mol. The fourth-order valence-corrected chi connectivity index (χ4v) is 2.17. The Hall–Kier alpha value is -2.84. The summed E-state index contributed by atoms with van der Waals surface area (Å²) in [6, 6.07) is 3.55. The Balaban J connectivity index is 2.91. The Morgan fingerprint density at radius 3 is 2.43 bits per heavy atom. The fraction of sp³-hybridized carbons (Fsp3) is 0.214. The van der Waals surface area contributed by atoms with Crippen molar-refractivity contribution in [2.75, 3.05) is 7.05 Å². The SMILES string of the molecule is CNC(=O)Cn1c(=O)ccc2cc(C(=O)O)cc(C(F)(F)F)c21. The molecule has 0 spiro atoms. The van der Waals surface area contributed by atoms with Gasteiger partial charge in [0.2, 0.25) is 5.91 Å². The number of hydrogen-bond acceptors (Lipinski definition) is 3. The van der Waals surface area contributed by atoms with Crippen molar-refractivity contribution in [3.05, 3.63) is 45.7 Å². The average molecular weight is 328 g/mol. The number of nitrogens with zero attached hydrogens (tertiary/aromatic N) is 1. The van der Waals surface area contributed by atoms with Crippen LogP contribution in [-0.2, 0) is 17.5 Å². The van der Waals surface area contributed by atoms with Crippen molar-refractivity contribution >= 4 is 22.8 Å². The molecule has 2 N–H and O–H groups in total. The molecule has 0 radical (unpaired) electrons. The highest BCUT2D eigenvalue weighted by molar-refractivity contribution is 5.95. The van der Waals surface area contributed by atoms with Gasteiger partial charge < -0.3 is 10.4 Å². The monoisotopic (exact) mass is 328 g/mol. The van der Waals surface area contributed by atoms with Crippen molar-refractivity contribution in [3.63, 3.8) is 0 Å². The topological polar surface area (TPSA) is 88.4 Å². The van der Waals surface area contributed by atoms with Crippen LogP contribution in [0.5, 0.6) is 0 Å². The molecule has 1 aromatic carbocycles. The van der Waals surface area contributed by atoms with Gasteiger partial charge in [-0.25, -0.2) is 4.79 Å². The summed E-state index contributed by atoms with van der Waals surface area (Å²) in [5, 5.41) is 11.1. The number of carbonyl (C=O) groups excluding carboxylic acids is 1. The third-order valence-electron chi connectivity index (χ3n) is 3.21. The third-order valence-corrected chi connectivity index (χ3v) is 3.21. The van der Waals surface area contributed by atoms with Crippen molar-refractivity contribution in [2.24, 2.45) is 0 Å². The van der Waals surface area contributed by atoms with Gasteiger partial charge in [-0.1, -0.05) is 0 Å². The number of likely N-dealkylation sites (N-methyl/N-ethyl adjacent to an activating group) is 1. The van der Waals surface area contributed by atoms with Gasteiger partial charge in [-0.3, -0.25) is 14.2 Å². The van der Waals surface area contributed by atoms with E-state index < -0.39 is 46.8 Å². The number of hydrogen-bond donors (Lipinski definition) is 2. The Labute approximate surface area is 127 Å². The van der Waals surface area contributed by atoms with Crippen molar-refractivity contribution in [1.82, 2.24) is 9.88 Å². The largest absolute Gasteiger partial charge is 0.478 e. The van der Waals surface area contributed by atoms with Crippen LogP contribution in [0.4, 0.5) is 13.2 Å². The molecule has 0 aliphatic heterocycles. The molecule has 1 amide bonds. The smallest absolute Gasteiger partial charge is 0.418 e. The molecule has 0 fully saturated rings. The zero-order valence-corrected chi connectivity index (χ0v) is 11.8. The lowest BCUT2D eigenvalue weighted by Crippen LogP contribution is -2.31. The minimum absolute atomic E-state index is 0.0965. The molecule has 1 aromatic heterocycles. The van der Waals surface area contributed by atoms with Crippen LogP contribution in [0.25, 0.3) is 10.9 Å². The molecule has 122 valence electrons. The number of carboxylic acids is 1. The molecule has 1 heterocycles. The highest BCUT2D eigenvalue weighted by Crippen LogP contribution is 2.35. The van der Waals surface area contributed by atoms with Gasteiger partial charge in [0, 0.05) is 13.1 Å². The fourth-order valence-electron chi connectivity index (χ4n) is 2.17. The molecule has 2 aromatic rings. The van der Waals surface area contributed by atoms with E-state index in [2.05, 4.69) is 5.32 Å². The van der Waals surface area contributed by atoms with Crippen LogP contribution >= 0.6 is 0 Å². The van der Waals surface area contributed by atoms with Crippen LogP contribution in [-0.4, -0.2) is 28.6 Å². The first kappa shape index (κ1) is 16.5. The van der Waals surface area contributed by atoms with Crippen molar-refractivity contribution in [3.8, 4) is 0 Å². The standard InChI is InChI=1S/C14H11F3N2O4/c1-18-10(20)6-19-11(21)3-2-7-4-8(13(22)23)5-9(12(7)19)14(15,16)17/h2-5H,6H2,1H3,(H,18,20)(H,22,23). The van der Waals surface area contributed by atoms with E-state index in [0.29, 0.717) is 10.6 Å². The lowest BCUT2D eigenvalue weighted by atomic mass is 10.0. The van der Waals surface area contributed by atoms with Crippen LogP contribution in [0.2, 0.25) is 0 Å². The van der Waals surface area contributed by atoms with Gasteiger partial charge in [-0.05, 0) is 23.6 Å². The number of rotatable bonds is 3. The lowest BCUT2D eigenvalue weighted by molar-refractivity contribution is -0.136.